The van der Waals surface area contributed by atoms with E-state index in [-0.39, 0.29) is 28.7 Å². The molecule has 0 aromatic heterocycles. The van der Waals surface area contributed by atoms with Crippen LogP contribution in [0.5, 0.6) is 0 Å². The Bertz CT molecular complexity index is 1070. The van der Waals surface area contributed by atoms with E-state index in [2.05, 4.69) is 17.0 Å². The van der Waals surface area contributed by atoms with Crippen LogP contribution in [0.1, 0.15) is 62.4 Å². The van der Waals surface area contributed by atoms with E-state index in [0.29, 0.717) is 37.2 Å². The monoisotopic (exact) mass is 485 g/mol. The molecule has 7 nitrogen and oxygen atoms in total. The lowest BCUT2D eigenvalue weighted by Crippen LogP contribution is -2.44. The summed E-state index contributed by atoms with van der Waals surface area (Å²) < 4.78 is 28.0. The summed E-state index contributed by atoms with van der Waals surface area (Å²) in [6.45, 7) is 7.16. The summed E-state index contributed by atoms with van der Waals surface area (Å²) in [7, 11) is -3.71. The molecule has 2 aromatic rings. The lowest BCUT2D eigenvalue weighted by atomic mass is 9.95. The Morgan fingerprint density at radius 1 is 1.00 bits per heavy atom. The van der Waals surface area contributed by atoms with Crippen LogP contribution in [0, 0.1) is 5.92 Å². The largest absolute Gasteiger partial charge is 0.353 e. The molecule has 1 heterocycles. The predicted octanol–water partition coefficient (Wildman–Crippen LogP) is 4.21. The van der Waals surface area contributed by atoms with Crippen molar-refractivity contribution in [1.82, 2.24) is 10.2 Å². The van der Waals surface area contributed by atoms with E-state index < -0.39 is 10.0 Å². The molecule has 34 heavy (non-hydrogen) atoms. The highest BCUT2D eigenvalue weighted by molar-refractivity contribution is 7.92. The first kappa shape index (κ1) is 25.7. The van der Waals surface area contributed by atoms with Gasteiger partial charge in [0.15, 0.2) is 0 Å². The zero-order chi connectivity index (χ0) is 24.7. The number of sulfonamides is 1. The van der Waals surface area contributed by atoms with Crippen LogP contribution in [0.25, 0.3) is 0 Å². The summed E-state index contributed by atoms with van der Waals surface area (Å²) >= 11 is 0. The third-order valence-corrected chi connectivity index (χ3v) is 7.71. The minimum absolute atomic E-state index is 0.0640. The van der Waals surface area contributed by atoms with Gasteiger partial charge in [0.2, 0.25) is 5.91 Å². The van der Waals surface area contributed by atoms with Gasteiger partial charge in [-0.2, -0.15) is 0 Å². The quantitative estimate of drug-likeness (QED) is 0.556. The van der Waals surface area contributed by atoms with Crippen LogP contribution in [0.4, 0.5) is 5.69 Å². The minimum Gasteiger partial charge on any atom is -0.353 e. The van der Waals surface area contributed by atoms with E-state index in [0.717, 1.165) is 24.8 Å². The molecule has 0 bridgehead atoms. The summed E-state index contributed by atoms with van der Waals surface area (Å²) in [5, 5.41) is 3.02. The highest BCUT2D eigenvalue weighted by Gasteiger charge is 2.28. The molecule has 2 amide bonds. The van der Waals surface area contributed by atoms with Gasteiger partial charge in [0, 0.05) is 36.3 Å². The first-order valence-electron chi connectivity index (χ1n) is 12.0. The minimum atomic E-state index is -3.71. The molecule has 1 atom stereocenters. The maximum Gasteiger partial charge on any atom is 0.261 e. The van der Waals surface area contributed by atoms with E-state index >= 15 is 0 Å². The molecule has 0 spiro atoms. The smallest absolute Gasteiger partial charge is 0.261 e. The Morgan fingerprint density at radius 3 is 2.18 bits per heavy atom. The van der Waals surface area contributed by atoms with Crippen LogP contribution < -0.4 is 10.0 Å². The zero-order valence-electron chi connectivity index (χ0n) is 20.2. The van der Waals surface area contributed by atoms with Crippen LogP contribution in [-0.2, 0) is 21.2 Å². The molecule has 0 unspecified atom stereocenters. The second kappa shape index (κ2) is 11.5. The Kier molecular flexibility index (Phi) is 8.72. The van der Waals surface area contributed by atoms with Gasteiger partial charge in [-0.1, -0.05) is 32.4 Å². The number of anilines is 1. The number of amides is 2. The Labute approximate surface area is 203 Å². The number of carbonyl (C=O) groups excluding carboxylic acids is 2. The molecule has 2 aromatic carbocycles. The molecule has 1 aliphatic heterocycles. The summed E-state index contributed by atoms with van der Waals surface area (Å²) in [6, 6.07) is 13.5. The molecule has 0 saturated carbocycles. The van der Waals surface area contributed by atoms with E-state index in [1.165, 1.54) is 0 Å². The predicted molar refractivity (Wildman–Crippen MR) is 134 cm³/mol. The van der Waals surface area contributed by atoms with Crippen LogP contribution in [-0.4, -0.2) is 44.3 Å². The average molecular weight is 486 g/mol. The third-order valence-electron chi connectivity index (χ3n) is 6.31. The van der Waals surface area contributed by atoms with Crippen molar-refractivity contribution in [1.29, 1.82) is 0 Å². The lowest BCUT2D eigenvalue weighted by Gasteiger charge is -2.32. The maximum atomic E-state index is 12.9. The second-order valence-electron chi connectivity index (χ2n) is 8.96. The first-order valence-corrected chi connectivity index (χ1v) is 13.5. The van der Waals surface area contributed by atoms with E-state index in [9.17, 15) is 18.0 Å². The van der Waals surface area contributed by atoms with Gasteiger partial charge < -0.3 is 10.2 Å². The molecule has 1 fully saturated rings. The van der Waals surface area contributed by atoms with E-state index in [4.69, 9.17) is 0 Å². The summed E-state index contributed by atoms with van der Waals surface area (Å²) in [5.41, 5.74) is 1.99. The first-order chi connectivity index (χ1) is 16.2. The van der Waals surface area contributed by atoms with Crippen LogP contribution in [0.3, 0.4) is 0 Å². The van der Waals surface area contributed by atoms with Gasteiger partial charge in [-0.3, -0.25) is 14.3 Å². The highest BCUT2D eigenvalue weighted by atomic mass is 32.2. The van der Waals surface area contributed by atoms with Crippen molar-refractivity contribution in [2.75, 3.05) is 17.8 Å². The molecule has 1 aliphatic rings. The van der Waals surface area contributed by atoms with Gasteiger partial charge in [-0.25, -0.2) is 8.42 Å². The van der Waals surface area contributed by atoms with Crippen molar-refractivity contribution < 1.29 is 18.0 Å². The molecule has 0 radical (unpaired) electrons. The number of aryl methyl sites for hydroxylation is 1. The molecule has 8 heteroatoms. The number of nitrogens with one attached hydrogen (secondary N) is 2. The number of carbonyl (C=O) groups is 2. The van der Waals surface area contributed by atoms with E-state index in [1.54, 1.807) is 41.3 Å². The SMILES string of the molecule is CCCc1ccc(S(=O)(=O)Nc2ccc(C(=O)N3CCC(C(=O)N[C@@H](C)CC)CC3)cc2)cc1. The van der Waals surface area contributed by atoms with Gasteiger partial charge in [0.05, 0.1) is 4.90 Å². The van der Waals surface area contributed by atoms with Crippen molar-refractivity contribution in [3.8, 4) is 0 Å². The Balaban J connectivity index is 1.57. The Hall–Kier alpha value is -2.87. The number of hydrogen-bond acceptors (Lipinski definition) is 4. The number of nitrogens with zero attached hydrogens (tertiary/aromatic N) is 1. The molecule has 184 valence electrons. The topological polar surface area (TPSA) is 95.6 Å². The van der Waals surface area contributed by atoms with Crippen LogP contribution in [0.15, 0.2) is 53.4 Å². The van der Waals surface area contributed by atoms with Crippen molar-refractivity contribution in [3.63, 3.8) is 0 Å². The molecular weight excluding hydrogens is 450 g/mol. The van der Waals surface area contributed by atoms with Crippen molar-refractivity contribution in [2.45, 2.75) is 63.8 Å². The van der Waals surface area contributed by atoms with Crippen LogP contribution >= 0.6 is 0 Å². The third kappa shape index (κ3) is 6.59. The van der Waals surface area contributed by atoms with Crippen molar-refractivity contribution >= 4 is 27.5 Å². The Morgan fingerprint density at radius 2 is 1.62 bits per heavy atom. The molecule has 3 rings (SSSR count). The van der Waals surface area contributed by atoms with E-state index in [1.807, 2.05) is 26.0 Å². The standard InChI is InChI=1S/C26H35N3O4S/c1-4-6-20-7-13-24(14-8-20)34(32,33)28-23-11-9-22(10-12-23)26(31)29-17-15-21(16-18-29)25(30)27-19(3)5-2/h7-14,19,21,28H,4-6,15-18H2,1-3H3,(H,27,30)/t19-/m0/s1. The fraction of sp³-hybridized carbons (Fsp3) is 0.462. The van der Waals surface area contributed by atoms with Crippen LogP contribution in [0.2, 0.25) is 0 Å². The lowest BCUT2D eigenvalue weighted by molar-refractivity contribution is -0.126. The molecular formula is C26H35N3O4S. The number of benzene rings is 2. The highest BCUT2D eigenvalue weighted by Crippen LogP contribution is 2.22. The zero-order valence-corrected chi connectivity index (χ0v) is 21.0. The second-order valence-corrected chi connectivity index (χ2v) is 10.6. The normalized spacial score (nSPS) is 15.6. The summed E-state index contributed by atoms with van der Waals surface area (Å²) in [5.74, 6) is -0.106. The van der Waals surface area contributed by atoms with Gasteiger partial charge in [-0.05, 0) is 74.6 Å². The molecule has 0 aliphatic carbocycles. The fourth-order valence-corrected chi connectivity index (χ4v) is 5.07. The fourth-order valence-electron chi connectivity index (χ4n) is 4.01. The van der Waals surface area contributed by atoms with Gasteiger partial charge >= 0.3 is 0 Å². The number of rotatable bonds is 9. The summed E-state index contributed by atoms with van der Waals surface area (Å²) in [4.78, 5) is 27.2. The van der Waals surface area contributed by atoms with Gasteiger partial charge in [0.25, 0.3) is 15.9 Å². The average Bonchev–Trinajstić information content (AvgIpc) is 2.84. The summed E-state index contributed by atoms with van der Waals surface area (Å²) in [6.07, 6.45) is 4.08. The number of likely N-dealkylation sites (tertiary alicyclic amines) is 1. The maximum absolute atomic E-state index is 12.9. The van der Waals surface area contributed by atoms with Crippen molar-refractivity contribution in [2.24, 2.45) is 5.92 Å². The van der Waals surface area contributed by atoms with Gasteiger partial charge in [0.1, 0.15) is 0 Å². The molecule has 1 saturated heterocycles. The van der Waals surface area contributed by atoms with Gasteiger partial charge in [-0.15, -0.1) is 0 Å². The van der Waals surface area contributed by atoms with Crippen molar-refractivity contribution in [3.05, 3.63) is 59.7 Å². The number of hydrogen-bond donors (Lipinski definition) is 2. The number of piperidine rings is 1. The molecule has 2 N–H and O–H groups in total.